The number of alkyl halides is 3. The molecule has 11 nitrogen and oxygen atoms in total. The van der Waals surface area contributed by atoms with Crippen LogP contribution in [0.3, 0.4) is 0 Å². The third-order valence-corrected chi connectivity index (χ3v) is 7.99. The molecule has 1 fully saturated rings. The fraction of sp³-hybridized carbons (Fsp3) is 0.333. The van der Waals surface area contributed by atoms with E-state index in [2.05, 4.69) is 4.98 Å². The van der Waals surface area contributed by atoms with Gasteiger partial charge in [0.25, 0.3) is 6.43 Å². The molecule has 0 spiro atoms. The highest BCUT2D eigenvalue weighted by atomic mass is 32.5. The maximum atomic E-state index is 15.2. The summed E-state index contributed by atoms with van der Waals surface area (Å²) in [5, 5.41) is 10.6. The molecule has 0 radical (unpaired) electrons. The number of halogens is 3. The van der Waals surface area contributed by atoms with E-state index in [0.29, 0.717) is 16.1 Å². The van der Waals surface area contributed by atoms with Crippen molar-refractivity contribution in [3.63, 3.8) is 0 Å². The summed E-state index contributed by atoms with van der Waals surface area (Å²) < 4.78 is 77.5. The Bertz CT molecular complexity index is 1360. The van der Waals surface area contributed by atoms with Gasteiger partial charge in [0.2, 0.25) is 0 Å². The molecule has 0 saturated carbocycles. The molecule has 1 aliphatic rings. The lowest BCUT2D eigenvalue weighted by Gasteiger charge is -2.32. The minimum atomic E-state index is -3.99. The molecule has 1 aromatic heterocycles. The van der Waals surface area contributed by atoms with Crippen LogP contribution in [0.5, 0.6) is 23.0 Å². The van der Waals surface area contributed by atoms with Crippen molar-refractivity contribution >= 4 is 24.3 Å². The predicted octanol–water partition coefficient (Wildman–Crippen LogP) is 3.47. The Balaban J connectivity index is 1.64. The summed E-state index contributed by atoms with van der Waals surface area (Å²) >= 11 is 5.51. The van der Waals surface area contributed by atoms with Gasteiger partial charge in [0.05, 0.1) is 20.8 Å². The quantitative estimate of drug-likeness (QED) is 0.312. The Morgan fingerprint density at radius 1 is 1.05 bits per heavy atom. The van der Waals surface area contributed by atoms with Crippen LogP contribution in [0.4, 0.5) is 19.0 Å². The number of hydrogen-bond donors (Lipinski definition) is 2. The predicted molar refractivity (Wildman–Crippen MR) is 140 cm³/mol. The van der Waals surface area contributed by atoms with Gasteiger partial charge in [-0.25, -0.2) is 18.0 Å². The number of benzene rings is 2. The van der Waals surface area contributed by atoms with Crippen LogP contribution in [-0.2, 0) is 21.1 Å². The minimum absolute atomic E-state index is 0.150. The smallest absolute Gasteiger partial charge is 0.435 e. The number of aliphatic hydroxyl groups excluding tert-OH is 1. The molecule has 3 N–H and O–H groups in total. The number of nitrogens with zero attached hydrogens (tertiary/aromatic N) is 2. The maximum absolute atomic E-state index is 15.2. The van der Waals surface area contributed by atoms with E-state index in [4.69, 9.17) is 45.3 Å². The molecule has 40 heavy (non-hydrogen) atoms. The van der Waals surface area contributed by atoms with Crippen molar-refractivity contribution < 1.29 is 46.1 Å². The van der Waals surface area contributed by atoms with Gasteiger partial charge in [-0.1, -0.05) is 0 Å². The van der Waals surface area contributed by atoms with Gasteiger partial charge < -0.3 is 34.1 Å². The Labute approximate surface area is 231 Å². The van der Waals surface area contributed by atoms with Gasteiger partial charge in [0, 0.05) is 18.0 Å². The van der Waals surface area contributed by atoms with Crippen molar-refractivity contribution in [3.8, 4) is 23.0 Å². The van der Waals surface area contributed by atoms with Crippen LogP contribution in [0.2, 0.25) is 0 Å². The van der Waals surface area contributed by atoms with Crippen LogP contribution >= 0.6 is 6.72 Å². The first-order valence-corrected chi connectivity index (χ1v) is 14.1. The summed E-state index contributed by atoms with van der Waals surface area (Å²) in [4.78, 5) is 15.7. The van der Waals surface area contributed by atoms with Crippen molar-refractivity contribution in [2.75, 3.05) is 26.6 Å². The number of ether oxygens (including phenoxy) is 3. The van der Waals surface area contributed by atoms with E-state index in [9.17, 15) is 18.7 Å². The largest absolute Gasteiger partial charge is 0.497 e. The topological polar surface area (TPSA) is 137 Å². The first kappa shape index (κ1) is 29.6. The SMILES string of the molecule is COc1ccc(OP(=S)(OCC2(C(F)F)OC(n3ccc(N)nc3=O)C(F)C2O)Oc2ccc(OC)cc2)cc1. The van der Waals surface area contributed by atoms with E-state index in [1.165, 1.54) is 38.5 Å². The number of nitrogens with two attached hydrogens (primary N) is 1. The normalized spacial score (nSPS) is 22.7. The van der Waals surface area contributed by atoms with Crippen molar-refractivity contribution in [2.45, 2.75) is 30.5 Å². The Morgan fingerprint density at radius 3 is 2.00 bits per heavy atom. The molecular formula is C24H25F3N3O8PS. The summed E-state index contributed by atoms with van der Waals surface area (Å²) in [6.07, 6.45) is -9.35. The van der Waals surface area contributed by atoms with Crippen molar-refractivity contribution in [3.05, 3.63) is 71.3 Å². The Hall–Kier alpha value is -3.36. The highest BCUT2D eigenvalue weighted by molar-refractivity contribution is 8.07. The molecule has 0 bridgehead atoms. The molecule has 16 heteroatoms. The number of aliphatic hydroxyl groups is 1. The van der Waals surface area contributed by atoms with Crippen molar-refractivity contribution in [1.29, 1.82) is 0 Å². The minimum Gasteiger partial charge on any atom is -0.497 e. The number of anilines is 1. The highest BCUT2D eigenvalue weighted by Gasteiger charge is 2.62. The fourth-order valence-electron chi connectivity index (χ4n) is 3.76. The molecule has 2 aromatic carbocycles. The van der Waals surface area contributed by atoms with Crippen LogP contribution in [0.1, 0.15) is 6.23 Å². The second kappa shape index (κ2) is 12.0. The zero-order chi connectivity index (χ0) is 29.1. The number of methoxy groups -OCH3 is 2. The lowest BCUT2D eigenvalue weighted by molar-refractivity contribution is -0.192. The standard InChI is InChI=1S/C24H25F3N3O8PS/c1-33-14-3-7-16(8-4-14)37-39(40,38-17-9-5-15(34-2)6-10-17)35-13-24(22(26)27)20(31)19(25)21(36-24)30-12-11-18(28)29-23(30)32/h3-12,19-22,31H,13H2,1-2H3,(H2,28,29,32). The zero-order valence-electron chi connectivity index (χ0n) is 21.1. The molecule has 1 aliphatic heterocycles. The third-order valence-electron chi connectivity index (χ3n) is 5.91. The van der Waals surface area contributed by atoms with E-state index in [0.717, 1.165) is 12.3 Å². The van der Waals surface area contributed by atoms with Gasteiger partial charge in [-0.05, 0) is 54.6 Å². The first-order chi connectivity index (χ1) is 19.0. The van der Waals surface area contributed by atoms with Gasteiger partial charge in [0.1, 0.15) is 34.9 Å². The van der Waals surface area contributed by atoms with Crippen LogP contribution in [0, 0.1) is 0 Å². The van der Waals surface area contributed by atoms with E-state index < -0.39 is 49.5 Å². The Morgan fingerprint density at radius 2 is 1.55 bits per heavy atom. The molecule has 4 unspecified atom stereocenters. The van der Waals surface area contributed by atoms with Crippen LogP contribution in [-0.4, -0.2) is 59.8 Å². The molecule has 3 aromatic rings. The molecule has 1 saturated heterocycles. The van der Waals surface area contributed by atoms with E-state index in [-0.39, 0.29) is 17.3 Å². The van der Waals surface area contributed by atoms with Crippen LogP contribution in [0.15, 0.2) is 65.6 Å². The van der Waals surface area contributed by atoms with Crippen LogP contribution < -0.4 is 29.9 Å². The number of rotatable bonds is 11. The molecule has 0 amide bonds. The lowest BCUT2D eigenvalue weighted by atomic mass is 9.97. The molecule has 0 aliphatic carbocycles. The van der Waals surface area contributed by atoms with Gasteiger partial charge in [-0.2, -0.15) is 4.98 Å². The number of aromatic nitrogens is 2. The highest BCUT2D eigenvalue weighted by Crippen LogP contribution is 2.53. The average Bonchev–Trinajstić information content (AvgIpc) is 3.19. The van der Waals surface area contributed by atoms with Gasteiger partial charge in [0.15, 0.2) is 18.0 Å². The Kier molecular flexibility index (Phi) is 8.90. The maximum Gasteiger partial charge on any atom is 0.435 e. The van der Waals surface area contributed by atoms with Crippen molar-refractivity contribution in [1.82, 2.24) is 9.55 Å². The second-order valence-electron chi connectivity index (χ2n) is 8.45. The second-order valence-corrected chi connectivity index (χ2v) is 11.3. The molecule has 2 heterocycles. The number of hydrogen-bond acceptors (Lipinski definition) is 11. The summed E-state index contributed by atoms with van der Waals surface area (Å²) in [6.45, 7) is -5.15. The molecule has 216 valence electrons. The summed E-state index contributed by atoms with van der Waals surface area (Å²) in [5.74, 6) is 1.13. The van der Waals surface area contributed by atoms with Crippen LogP contribution in [0.25, 0.3) is 0 Å². The van der Waals surface area contributed by atoms with Gasteiger partial charge >= 0.3 is 12.4 Å². The third kappa shape index (κ3) is 6.18. The molecule has 4 atom stereocenters. The van der Waals surface area contributed by atoms with E-state index in [1.807, 2.05) is 0 Å². The summed E-state index contributed by atoms with van der Waals surface area (Å²) in [7, 11) is 2.93. The van der Waals surface area contributed by atoms with E-state index >= 15 is 4.39 Å². The lowest BCUT2D eigenvalue weighted by Crippen LogP contribution is -2.52. The zero-order valence-corrected chi connectivity index (χ0v) is 22.8. The first-order valence-electron chi connectivity index (χ1n) is 11.5. The summed E-state index contributed by atoms with van der Waals surface area (Å²) in [6, 6.07) is 13.3. The van der Waals surface area contributed by atoms with E-state index in [1.54, 1.807) is 24.3 Å². The number of nitrogen functional groups attached to an aromatic ring is 1. The molecule has 4 rings (SSSR count). The average molecular weight is 604 g/mol. The summed E-state index contributed by atoms with van der Waals surface area (Å²) in [5.41, 5.74) is 1.42. The van der Waals surface area contributed by atoms with Gasteiger partial charge in [-0.15, -0.1) is 0 Å². The fourth-order valence-corrected chi connectivity index (χ4v) is 5.70. The van der Waals surface area contributed by atoms with Gasteiger partial charge in [-0.3, -0.25) is 9.09 Å². The monoisotopic (exact) mass is 603 g/mol. The molecular weight excluding hydrogens is 578 g/mol. The van der Waals surface area contributed by atoms with Crippen molar-refractivity contribution in [2.24, 2.45) is 0 Å².